The third kappa shape index (κ3) is 3.40. The first-order valence-electron chi connectivity index (χ1n) is 9.63. The summed E-state index contributed by atoms with van der Waals surface area (Å²) in [6, 6.07) is 20.4. The maximum atomic E-state index is 12.7. The molecule has 0 saturated carbocycles. The first-order valence-corrected chi connectivity index (χ1v) is 9.63. The van der Waals surface area contributed by atoms with Crippen LogP contribution in [0, 0.1) is 0 Å². The van der Waals surface area contributed by atoms with Crippen molar-refractivity contribution >= 4 is 0 Å². The summed E-state index contributed by atoms with van der Waals surface area (Å²) in [6.07, 6.45) is 6.85. The molecule has 0 aliphatic heterocycles. The average molecular weight is 410 g/mol. The molecule has 0 unspecified atom stereocenters. The summed E-state index contributed by atoms with van der Waals surface area (Å²) < 4.78 is 10.6. The van der Waals surface area contributed by atoms with Gasteiger partial charge in [0.25, 0.3) is 0 Å². The summed E-state index contributed by atoms with van der Waals surface area (Å²) in [6.45, 7) is 0. The highest BCUT2D eigenvalue weighted by atomic mass is 16.5. The summed E-state index contributed by atoms with van der Waals surface area (Å²) in [7, 11) is 1.60. The Morgan fingerprint density at radius 2 is 1.68 bits per heavy atom. The van der Waals surface area contributed by atoms with Crippen molar-refractivity contribution in [2.24, 2.45) is 0 Å². The fraction of sp³-hybridized carbons (Fsp3) is 0.0435. The van der Waals surface area contributed by atoms with Crippen molar-refractivity contribution in [1.29, 1.82) is 0 Å². The summed E-state index contributed by atoms with van der Waals surface area (Å²) in [5.41, 5.74) is 3.07. The fourth-order valence-corrected chi connectivity index (χ4v) is 3.40. The number of para-hydroxylation sites is 1. The van der Waals surface area contributed by atoms with Gasteiger partial charge in [0.1, 0.15) is 11.4 Å². The van der Waals surface area contributed by atoms with Crippen molar-refractivity contribution in [2.45, 2.75) is 0 Å². The molecule has 31 heavy (non-hydrogen) atoms. The number of ether oxygens (including phenoxy) is 1. The molecule has 0 saturated heterocycles. The lowest BCUT2D eigenvalue weighted by molar-refractivity contribution is 0.411. The largest absolute Gasteiger partial charge is 0.494 e. The van der Waals surface area contributed by atoms with Gasteiger partial charge in [-0.25, -0.2) is 14.0 Å². The zero-order chi connectivity index (χ0) is 21.2. The van der Waals surface area contributed by atoms with Gasteiger partial charge in [0.2, 0.25) is 5.43 Å². The van der Waals surface area contributed by atoms with Crippen LogP contribution in [-0.2, 0) is 0 Å². The topological polar surface area (TPSA) is 79.8 Å². The molecular formula is C23H18N6O2. The second-order valence-corrected chi connectivity index (χ2v) is 6.74. The molecule has 0 amide bonds. The zero-order valence-electron chi connectivity index (χ0n) is 16.7. The van der Waals surface area contributed by atoms with Gasteiger partial charge >= 0.3 is 0 Å². The van der Waals surface area contributed by atoms with Gasteiger partial charge in [-0.2, -0.15) is 15.3 Å². The Balaban J connectivity index is 1.65. The Hall–Kier alpha value is -4.46. The number of aromatic nitrogens is 6. The molecule has 3 aromatic heterocycles. The molecule has 0 fully saturated rings. The van der Waals surface area contributed by atoms with Gasteiger partial charge in [-0.3, -0.25) is 4.79 Å². The standard InChI is InChI=1S/C23H18N6O2/c1-31-22-9-8-18(27-14-5-12-24-27)16-20(22)28-15-11-21(30)23(26-28)19-10-13-25-29(19)17-6-3-2-4-7-17/h2-16H,1H3. The molecule has 5 aromatic rings. The number of rotatable bonds is 5. The Labute approximate surface area is 177 Å². The van der Waals surface area contributed by atoms with Gasteiger partial charge in [-0.1, -0.05) is 18.2 Å². The minimum Gasteiger partial charge on any atom is -0.494 e. The molecule has 0 radical (unpaired) electrons. The van der Waals surface area contributed by atoms with Gasteiger partial charge in [-0.05, 0) is 42.5 Å². The molecule has 3 heterocycles. The van der Waals surface area contributed by atoms with Gasteiger partial charge in [0.05, 0.1) is 30.4 Å². The second kappa shape index (κ2) is 7.75. The quantitative estimate of drug-likeness (QED) is 0.444. The van der Waals surface area contributed by atoms with E-state index in [0.29, 0.717) is 17.1 Å². The van der Waals surface area contributed by atoms with Crippen molar-refractivity contribution < 1.29 is 4.74 Å². The van der Waals surface area contributed by atoms with Crippen LogP contribution in [-0.4, -0.2) is 36.5 Å². The number of benzene rings is 2. The van der Waals surface area contributed by atoms with E-state index in [1.54, 1.807) is 45.8 Å². The molecule has 152 valence electrons. The van der Waals surface area contributed by atoms with Crippen molar-refractivity contribution in [2.75, 3.05) is 7.11 Å². The normalized spacial score (nSPS) is 10.9. The monoisotopic (exact) mass is 410 g/mol. The average Bonchev–Trinajstić information content (AvgIpc) is 3.52. The highest BCUT2D eigenvalue weighted by Gasteiger charge is 2.15. The lowest BCUT2D eigenvalue weighted by Gasteiger charge is -2.14. The van der Waals surface area contributed by atoms with Gasteiger partial charge in [0, 0.05) is 24.7 Å². The van der Waals surface area contributed by atoms with E-state index in [2.05, 4.69) is 15.3 Å². The number of hydrogen-bond donors (Lipinski definition) is 0. The Morgan fingerprint density at radius 1 is 0.806 bits per heavy atom. The van der Waals surface area contributed by atoms with E-state index in [1.165, 1.54) is 6.07 Å². The van der Waals surface area contributed by atoms with Crippen LogP contribution in [0.1, 0.15) is 0 Å². The Morgan fingerprint density at radius 3 is 2.45 bits per heavy atom. The van der Waals surface area contributed by atoms with Crippen LogP contribution < -0.4 is 10.2 Å². The van der Waals surface area contributed by atoms with Crippen LogP contribution in [0.3, 0.4) is 0 Å². The van der Waals surface area contributed by atoms with Crippen LogP contribution >= 0.6 is 0 Å². The first kappa shape index (κ1) is 18.6. The first-order chi connectivity index (χ1) is 15.2. The minimum absolute atomic E-state index is 0.198. The van der Waals surface area contributed by atoms with Crippen LogP contribution in [0.15, 0.2) is 96.3 Å². The van der Waals surface area contributed by atoms with Crippen molar-refractivity contribution in [3.8, 4) is 34.2 Å². The molecule has 8 nitrogen and oxygen atoms in total. The van der Waals surface area contributed by atoms with E-state index in [4.69, 9.17) is 4.74 Å². The predicted molar refractivity (Wildman–Crippen MR) is 116 cm³/mol. The molecule has 0 N–H and O–H groups in total. The van der Waals surface area contributed by atoms with E-state index in [0.717, 1.165) is 11.4 Å². The lowest BCUT2D eigenvalue weighted by atomic mass is 10.2. The molecule has 0 bridgehead atoms. The van der Waals surface area contributed by atoms with Gasteiger partial charge in [-0.15, -0.1) is 0 Å². The number of methoxy groups -OCH3 is 1. The van der Waals surface area contributed by atoms with Gasteiger partial charge in [0.15, 0.2) is 5.69 Å². The van der Waals surface area contributed by atoms with E-state index >= 15 is 0 Å². The lowest BCUT2D eigenvalue weighted by Crippen LogP contribution is -2.15. The van der Waals surface area contributed by atoms with Crippen LogP contribution in [0.2, 0.25) is 0 Å². The minimum atomic E-state index is -0.198. The summed E-state index contributed by atoms with van der Waals surface area (Å²) >= 11 is 0. The second-order valence-electron chi connectivity index (χ2n) is 6.74. The Kier molecular flexibility index (Phi) is 4.64. The van der Waals surface area contributed by atoms with E-state index in [9.17, 15) is 4.79 Å². The van der Waals surface area contributed by atoms with E-state index in [-0.39, 0.29) is 11.1 Å². The SMILES string of the molecule is COc1ccc(-n2cccn2)cc1-n1ccc(=O)c(-c2ccnn2-c2ccccc2)n1. The van der Waals surface area contributed by atoms with E-state index in [1.807, 2.05) is 60.8 Å². The third-order valence-electron chi connectivity index (χ3n) is 4.87. The molecule has 0 aliphatic carbocycles. The molecule has 8 heteroatoms. The highest BCUT2D eigenvalue weighted by molar-refractivity contribution is 5.58. The summed E-state index contributed by atoms with van der Waals surface area (Å²) in [4.78, 5) is 12.7. The Bertz CT molecular complexity index is 1390. The summed E-state index contributed by atoms with van der Waals surface area (Å²) in [5.74, 6) is 0.620. The molecule has 5 rings (SSSR count). The van der Waals surface area contributed by atoms with Crippen LogP contribution in [0.5, 0.6) is 5.75 Å². The zero-order valence-corrected chi connectivity index (χ0v) is 16.7. The molecule has 0 aliphatic rings. The molecular weight excluding hydrogens is 392 g/mol. The van der Waals surface area contributed by atoms with Crippen molar-refractivity contribution in [3.05, 3.63) is 102 Å². The van der Waals surface area contributed by atoms with Crippen LogP contribution in [0.25, 0.3) is 28.5 Å². The van der Waals surface area contributed by atoms with Crippen LogP contribution in [0.4, 0.5) is 0 Å². The predicted octanol–water partition coefficient (Wildman–Crippen LogP) is 3.28. The molecule has 2 aromatic carbocycles. The highest BCUT2D eigenvalue weighted by Crippen LogP contribution is 2.26. The van der Waals surface area contributed by atoms with Crippen molar-refractivity contribution in [3.63, 3.8) is 0 Å². The van der Waals surface area contributed by atoms with E-state index < -0.39 is 0 Å². The number of hydrogen-bond acceptors (Lipinski definition) is 5. The van der Waals surface area contributed by atoms with Gasteiger partial charge < -0.3 is 4.74 Å². The smallest absolute Gasteiger partial charge is 0.209 e. The maximum absolute atomic E-state index is 12.7. The molecule has 0 atom stereocenters. The maximum Gasteiger partial charge on any atom is 0.209 e. The van der Waals surface area contributed by atoms with Crippen molar-refractivity contribution in [1.82, 2.24) is 29.3 Å². The number of nitrogens with zero attached hydrogens (tertiary/aromatic N) is 6. The summed E-state index contributed by atoms with van der Waals surface area (Å²) in [5, 5.41) is 13.3. The molecule has 0 spiro atoms. The third-order valence-corrected chi connectivity index (χ3v) is 4.87. The fourth-order valence-electron chi connectivity index (χ4n) is 3.40.